The maximum Gasteiger partial charge on any atom is 0.268 e. The molecule has 1 atom stereocenters. The zero-order valence-electron chi connectivity index (χ0n) is 16.6. The van der Waals surface area contributed by atoms with Crippen LogP contribution < -0.4 is 10.6 Å². The van der Waals surface area contributed by atoms with E-state index in [-0.39, 0.29) is 11.5 Å². The third-order valence-corrected chi connectivity index (χ3v) is 4.82. The summed E-state index contributed by atoms with van der Waals surface area (Å²) in [6.45, 7) is -0.983. The van der Waals surface area contributed by atoms with Gasteiger partial charge in [0.25, 0.3) is 17.7 Å². The smallest absolute Gasteiger partial charge is 0.268 e. The standard InChI is InChI=1S/C20H20F2N6O3/c1-24-18(30)14-4-2-13(3-5-14)10-27-11-15(8-26-27)19(31)25-9-17(29)28-12-20(21,22)6-16(28)7-23/h2-5,8,11,16H,6,9-10,12H2,1H3,(H,24,30)(H,25,31)/t16-/m0/s1. The van der Waals surface area contributed by atoms with Crippen LogP contribution in [0.1, 0.15) is 32.7 Å². The zero-order chi connectivity index (χ0) is 22.6. The molecule has 1 aromatic carbocycles. The summed E-state index contributed by atoms with van der Waals surface area (Å²) in [5, 5.41) is 18.0. The Balaban J connectivity index is 1.55. The number of hydrogen-bond donors (Lipinski definition) is 2. The number of alkyl halides is 2. The van der Waals surface area contributed by atoms with Gasteiger partial charge in [0.15, 0.2) is 0 Å². The maximum absolute atomic E-state index is 13.5. The Kier molecular flexibility index (Phi) is 6.29. The van der Waals surface area contributed by atoms with E-state index in [4.69, 9.17) is 5.26 Å². The molecule has 2 heterocycles. The van der Waals surface area contributed by atoms with E-state index < -0.39 is 43.3 Å². The van der Waals surface area contributed by atoms with E-state index >= 15 is 0 Å². The van der Waals surface area contributed by atoms with Crippen molar-refractivity contribution in [2.24, 2.45) is 0 Å². The van der Waals surface area contributed by atoms with Gasteiger partial charge in [-0.1, -0.05) is 12.1 Å². The summed E-state index contributed by atoms with van der Waals surface area (Å²) in [5.74, 6) is -4.65. The molecule has 31 heavy (non-hydrogen) atoms. The molecule has 1 fully saturated rings. The Labute approximate surface area is 176 Å². The lowest BCUT2D eigenvalue weighted by atomic mass is 10.1. The fraction of sp³-hybridized carbons (Fsp3) is 0.350. The summed E-state index contributed by atoms with van der Waals surface area (Å²) < 4.78 is 28.4. The zero-order valence-corrected chi connectivity index (χ0v) is 16.6. The largest absolute Gasteiger partial charge is 0.355 e. The molecule has 0 bridgehead atoms. The van der Waals surface area contributed by atoms with Crippen LogP contribution in [0.5, 0.6) is 0 Å². The molecule has 2 aromatic rings. The number of likely N-dealkylation sites (tertiary alicyclic amines) is 1. The minimum Gasteiger partial charge on any atom is -0.355 e. The molecule has 0 spiro atoms. The topological polar surface area (TPSA) is 120 Å². The third kappa shape index (κ3) is 5.22. The predicted molar refractivity (Wildman–Crippen MR) is 104 cm³/mol. The second kappa shape index (κ2) is 8.91. The van der Waals surface area contributed by atoms with Crippen LogP contribution >= 0.6 is 0 Å². The molecule has 1 saturated heterocycles. The minimum atomic E-state index is -3.11. The van der Waals surface area contributed by atoms with Crippen LogP contribution in [-0.4, -0.2) is 64.5 Å². The third-order valence-electron chi connectivity index (χ3n) is 4.82. The second-order valence-corrected chi connectivity index (χ2v) is 7.11. The summed E-state index contributed by atoms with van der Waals surface area (Å²) in [6, 6.07) is 7.35. The SMILES string of the molecule is CNC(=O)c1ccc(Cn2cc(C(=O)NCC(=O)N3CC(F)(F)C[C@H]3C#N)cn2)cc1. The molecule has 0 aliphatic carbocycles. The number of nitrogens with one attached hydrogen (secondary N) is 2. The number of nitrogens with zero attached hydrogens (tertiary/aromatic N) is 4. The van der Waals surface area contributed by atoms with Crippen LogP contribution in [0.2, 0.25) is 0 Å². The van der Waals surface area contributed by atoms with Gasteiger partial charge in [-0.15, -0.1) is 0 Å². The van der Waals surface area contributed by atoms with Gasteiger partial charge >= 0.3 is 0 Å². The molecular weight excluding hydrogens is 410 g/mol. The summed E-state index contributed by atoms with van der Waals surface area (Å²) >= 11 is 0. The van der Waals surface area contributed by atoms with Crippen molar-refractivity contribution in [3.8, 4) is 6.07 Å². The van der Waals surface area contributed by atoms with Crippen molar-refractivity contribution < 1.29 is 23.2 Å². The number of carbonyl (C=O) groups is 3. The molecule has 1 aliphatic heterocycles. The monoisotopic (exact) mass is 430 g/mol. The molecule has 2 N–H and O–H groups in total. The first-order valence-electron chi connectivity index (χ1n) is 9.41. The van der Waals surface area contributed by atoms with Gasteiger partial charge in [0.1, 0.15) is 6.04 Å². The van der Waals surface area contributed by atoms with E-state index in [1.54, 1.807) is 37.4 Å². The van der Waals surface area contributed by atoms with Crippen LogP contribution in [0.3, 0.4) is 0 Å². The lowest BCUT2D eigenvalue weighted by molar-refractivity contribution is -0.131. The first-order valence-corrected chi connectivity index (χ1v) is 9.41. The number of amides is 3. The van der Waals surface area contributed by atoms with E-state index in [1.807, 2.05) is 0 Å². The number of rotatable bonds is 6. The molecule has 1 aliphatic rings. The van der Waals surface area contributed by atoms with Gasteiger partial charge in [-0.2, -0.15) is 10.4 Å². The number of nitriles is 1. The molecule has 0 saturated carbocycles. The van der Waals surface area contributed by atoms with Gasteiger partial charge < -0.3 is 15.5 Å². The van der Waals surface area contributed by atoms with Gasteiger partial charge in [-0.25, -0.2) is 8.78 Å². The van der Waals surface area contributed by atoms with E-state index in [0.29, 0.717) is 12.1 Å². The quantitative estimate of drug-likeness (QED) is 0.702. The number of hydrogen-bond acceptors (Lipinski definition) is 5. The summed E-state index contributed by atoms with van der Waals surface area (Å²) in [5.41, 5.74) is 1.57. The van der Waals surface area contributed by atoms with E-state index in [0.717, 1.165) is 10.5 Å². The average Bonchev–Trinajstić information content (AvgIpc) is 3.35. The van der Waals surface area contributed by atoms with Gasteiger partial charge in [-0.05, 0) is 17.7 Å². The molecule has 11 heteroatoms. The lowest BCUT2D eigenvalue weighted by Crippen LogP contribution is -2.42. The molecule has 9 nitrogen and oxygen atoms in total. The van der Waals surface area contributed by atoms with Crippen molar-refractivity contribution in [3.63, 3.8) is 0 Å². The highest BCUT2D eigenvalue weighted by Crippen LogP contribution is 2.31. The Morgan fingerprint density at radius 2 is 1.94 bits per heavy atom. The van der Waals surface area contributed by atoms with Crippen LogP contribution in [0, 0.1) is 11.3 Å². The fourth-order valence-electron chi connectivity index (χ4n) is 3.21. The highest BCUT2D eigenvalue weighted by Gasteiger charge is 2.47. The lowest BCUT2D eigenvalue weighted by Gasteiger charge is -2.19. The van der Waals surface area contributed by atoms with E-state index in [1.165, 1.54) is 17.1 Å². The number of aromatic nitrogens is 2. The van der Waals surface area contributed by atoms with Crippen molar-refractivity contribution >= 4 is 17.7 Å². The predicted octanol–water partition coefficient (Wildman–Crippen LogP) is 0.781. The fourth-order valence-corrected chi connectivity index (χ4v) is 3.21. The minimum absolute atomic E-state index is 0.193. The van der Waals surface area contributed by atoms with Crippen molar-refractivity contribution in [2.45, 2.75) is 24.9 Å². The summed E-state index contributed by atoms with van der Waals surface area (Å²) in [6.07, 6.45) is 2.09. The van der Waals surface area contributed by atoms with Crippen LogP contribution in [0.15, 0.2) is 36.7 Å². The van der Waals surface area contributed by atoms with E-state index in [2.05, 4.69) is 15.7 Å². The van der Waals surface area contributed by atoms with Gasteiger partial charge in [0.2, 0.25) is 5.91 Å². The number of halogens is 2. The van der Waals surface area contributed by atoms with Gasteiger partial charge in [0, 0.05) is 25.2 Å². The molecular formula is C20H20F2N6O3. The maximum atomic E-state index is 13.5. The highest BCUT2D eigenvalue weighted by atomic mass is 19.3. The summed E-state index contributed by atoms with van der Waals surface area (Å²) in [4.78, 5) is 36.8. The Bertz CT molecular complexity index is 1030. The van der Waals surface area contributed by atoms with Crippen molar-refractivity contribution in [2.75, 3.05) is 20.1 Å². The van der Waals surface area contributed by atoms with E-state index in [9.17, 15) is 23.2 Å². The Hall–Kier alpha value is -3.81. The average molecular weight is 430 g/mol. The van der Waals surface area contributed by atoms with Crippen LogP contribution in [0.4, 0.5) is 8.78 Å². The first kappa shape index (κ1) is 21.9. The molecule has 3 amide bonds. The van der Waals surface area contributed by atoms with Crippen molar-refractivity contribution in [3.05, 3.63) is 53.3 Å². The molecule has 3 rings (SSSR count). The molecule has 162 valence electrons. The number of carbonyl (C=O) groups excluding carboxylic acids is 3. The molecule has 0 unspecified atom stereocenters. The Morgan fingerprint density at radius 1 is 1.23 bits per heavy atom. The normalized spacial score (nSPS) is 17.1. The Morgan fingerprint density at radius 3 is 2.58 bits per heavy atom. The van der Waals surface area contributed by atoms with Gasteiger partial charge in [-0.3, -0.25) is 19.1 Å². The second-order valence-electron chi connectivity index (χ2n) is 7.11. The number of benzene rings is 1. The highest BCUT2D eigenvalue weighted by molar-refractivity contribution is 5.96. The summed E-state index contributed by atoms with van der Waals surface area (Å²) in [7, 11) is 1.54. The van der Waals surface area contributed by atoms with Crippen LogP contribution in [-0.2, 0) is 11.3 Å². The van der Waals surface area contributed by atoms with Crippen molar-refractivity contribution in [1.82, 2.24) is 25.3 Å². The van der Waals surface area contributed by atoms with Crippen molar-refractivity contribution in [1.29, 1.82) is 5.26 Å². The molecule has 0 radical (unpaired) electrons. The first-order chi connectivity index (χ1) is 14.7. The molecule has 1 aromatic heterocycles. The van der Waals surface area contributed by atoms with Crippen LogP contribution in [0.25, 0.3) is 0 Å². The van der Waals surface area contributed by atoms with Gasteiger partial charge in [0.05, 0.1) is 37.5 Å².